The van der Waals surface area contributed by atoms with Crippen LogP contribution in [0.15, 0.2) is 24.4 Å². The van der Waals surface area contributed by atoms with Gasteiger partial charge in [-0.3, -0.25) is 9.88 Å². The lowest BCUT2D eigenvalue weighted by Gasteiger charge is -2.43. The van der Waals surface area contributed by atoms with Crippen LogP contribution in [0.2, 0.25) is 0 Å². The van der Waals surface area contributed by atoms with E-state index in [1.807, 2.05) is 24.9 Å². The normalized spacial score (nSPS) is 21.3. The predicted molar refractivity (Wildman–Crippen MR) is 134 cm³/mol. The van der Waals surface area contributed by atoms with Crippen molar-refractivity contribution in [1.29, 1.82) is 5.26 Å². The fraction of sp³-hybridized carbons (Fsp3) is 0.519. The molecule has 10 nitrogen and oxygen atoms in total. The van der Waals surface area contributed by atoms with Gasteiger partial charge in [0.1, 0.15) is 30.1 Å². The zero-order valence-corrected chi connectivity index (χ0v) is 21.7. The number of hydrogen-bond acceptors (Lipinski definition) is 10. The van der Waals surface area contributed by atoms with Crippen molar-refractivity contribution in [2.45, 2.75) is 44.7 Å². The molecule has 0 bridgehead atoms. The van der Waals surface area contributed by atoms with Crippen molar-refractivity contribution in [3.05, 3.63) is 57.9 Å². The SMILES string of the molecule is COc1cc(C(O)CN2C(C)COCC2CN(C)C[C@H](O)c2ccc3c(c2C)COC3=O)ncc1C#N. The van der Waals surface area contributed by atoms with Crippen LogP contribution in [0.3, 0.4) is 0 Å². The van der Waals surface area contributed by atoms with Crippen molar-refractivity contribution in [2.24, 2.45) is 0 Å². The molecule has 1 aromatic carbocycles. The number of fused-ring (bicyclic) bond motifs is 1. The average Bonchev–Trinajstić information content (AvgIpc) is 3.27. The Morgan fingerprint density at radius 2 is 2.11 bits per heavy atom. The highest BCUT2D eigenvalue weighted by atomic mass is 16.5. The van der Waals surface area contributed by atoms with Crippen LogP contribution >= 0.6 is 0 Å². The minimum atomic E-state index is -0.875. The number of likely N-dealkylation sites (N-methyl/N-ethyl adjacent to an activating group) is 1. The fourth-order valence-corrected chi connectivity index (χ4v) is 5.15. The van der Waals surface area contributed by atoms with E-state index in [-0.39, 0.29) is 24.7 Å². The number of nitrogens with zero attached hydrogens (tertiary/aromatic N) is 4. The molecule has 2 N–H and O–H groups in total. The largest absolute Gasteiger partial charge is 0.495 e. The van der Waals surface area contributed by atoms with E-state index in [4.69, 9.17) is 14.2 Å². The molecule has 0 aliphatic carbocycles. The van der Waals surface area contributed by atoms with E-state index in [0.29, 0.717) is 55.4 Å². The third-order valence-corrected chi connectivity index (χ3v) is 7.23. The molecule has 4 atom stereocenters. The number of ether oxygens (including phenoxy) is 3. The lowest BCUT2D eigenvalue weighted by Crippen LogP contribution is -2.56. The summed E-state index contributed by atoms with van der Waals surface area (Å²) in [7, 11) is 3.42. The highest BCUT2D eigenvalue weighted by molar-refractivity contribution is 5.93. The first kappa shape index (κ1) is 27.0. The molecule has 1 fully saturated rings. The fourth-order valence-electron chi connectivity index (χ4n) is 5.15. The van der Waals surface area contributed by atoms with Crippen molar-refractivity contribution in [1.82, 2.24) is 14.8 Å². The zero-order valence-electron chi connectivity index (χ0n) is 21.7. The molecule has 10 heteroatoms. The van der Waals surface area contributed by atoms with Crippen LogP contribution in [0.1, 0.15) is 57.4 Å². The Morgan fingerprint density at radius 3 is 2.84 bits per heavy atom. The van der Waals surface area contributed by atoms with Crippen LogP contribution < -0.4 is 4.74 Å². The van der Waals surface area contributed by atoms with Crippen LogP contribution in [0.4, 0.5) is 0 Å². The van der Waals surface area contributed by atoms with Gasteiger partial charge in [0.05, 0.1) is 37.7 Å². The molecule has 2 aromatic rings. The maximum absolute atomic E-state index is 11.8. The van der Waals surface area contributed by atoms with Crippen LogP contribution in [-0.4, -0.2) is 90.1 Å². The standard InChI is InChI=1S/C27H34N4O6/c1-16-13-36-14-19(31(16)12-25(33)23-7-26(35-4)18(8-28)9-29-23)10-30(3)11-24(32)20-5-6-21-22(17(20)2)15-37-27(21)34/h5-7,9,16,19,24-25,32-33H,10-15H2,1-4H3/t16?,19?,24-,25?/m0/s1. The first-order valence-electron chi connectivity index (χ1n) is 12.3. The molecule has 3 unspecified atom stereocenters. The second kappa shape index (κ2) is 11.5. The van der Waals surface area contributed by atoms with E-state index < -0.39 is 12.2 Å². The zero-order chi connectivity index (χ0) is 26.7. The third kappa shape index (κ3) is 5.76. The van der Waals surface area contributed by atoms with Gasteiger partial charge in [0.25, 0.3) is 0 Å². The quantitative estimate of drug-likeness (QED) is 0.481. The summed E-state index contributed by atoms with van der Waals surface area (Å²) in [6.07, 6.45) is -0.197. The minimum Gasteiger partial charge on any atom is -0.495 e. The molecule has 4 rings (SSSR count). The number of carbonyl (C=O) groups excluding carboxylic acids is 1. The number of methoxy groups -OCH3 is 1. The molecule has 37 heavy (non-hydrogen) atoms. The van der Waals surface area contributed by atoms with E-state index >= 15 is 0 Å². The Morgan fingerprint density at radius 1 is 1.32 bits per heavy atom. The number of β-amino-alcohol motifs (C(OH)–C–C–N with tert-alkyl or cyclic N) is 1. The average molecular weight is 511 g/mol. The van der Waals surface area contributed by atoms with E-state index in [0.717, 1.165) is 16.7 Å². The van der Waals surface area contributed by atoms with Gasteiger partial charge in [-0.1, -0.05) is 6.07 Å². The smallest absolute Gasteiger partial charge is 0.338 e. The molecule has 0 saturated carbocycles. The summed E-state index contributed by atoms with van der Waals surface area (Å²) in [5, 5.41) is 31.2. The van der Waals surface area contributed by atoms with Crippen molar-refractivity contribution in [3.63, 3.8) is 0 Å². The molecule has 1 saturated heterocycles. The van der Waals surface area contributed by atoms with Gasteiger partial charge >= 0.3 is 5.97 Å². The summed E-state index contributed by atoms with van der Waals surface area (Å²) in [6.45, 7) is 6.60. The van der Waals surface area contributed by atoms with Crippen molar-refractivity contribution in [3.8, 4) is 11.8 Å². The molecular weight excluding hydrogens is 476 g/mol. The summed E-state index contributed by atoms with van der Waals surface area (Å²) >= 11 is 0. The second-order valence-corrected chi connectivity index (χ2v) is 9.79. The predicted octanol–water partition coefficient (Wildman–Crippen LogP) is 1.73. The number of benzene rings is 1. The van der Waals surface area contributed by atoms with Gasteiger partial charge in [-0.25, -0.2) is 4.79 Å². The van der Waals surface area contributed by atoms with Crippen LogP contribution in [0.5, 0.6) is 5.75 Å². The molecule has 0 spiro atoms. The van der Waals surface area contributed by atoms with E-state index in [2.05, 4.69) is 16.8 Å². The van der Waals surface area contributed by atoms with Gasteiger partial charge in [-0.2, -0.15) is 5.26 Å². The minimum absolute atomic E-state index is 0.0111. The van der Waals surface area contributed by atoms with Crippen LogP contribution in [0, 0.1) is 18.3 Å². The van der Waals surface area contributed by atoms with Crippen molar-refractivity contribution in [2.75, 3.05) is 47.0 Å². The van der Waals surface area contributed by atoms with Gasteiger partial charge in [-0.05, 0) is 38.1 Å². The molecule has 0 amide bonds. The number of carbonyl (C=O) groups is 1. The summed E-state index contributed by atoms with van der Waals surface area (Å²) in [6, 6.07) is 7.22. The Kier molecular flexibility index (Phi) is 8.42. The first-order valence-corrected chi connectivity index (χ1v) is 12.3. The third-order valence-electron chi connectivity index (χ3n) is 7.23. The molecule has 1 aromatic heterocycles. The van der Waals surface area contributed by atoms with Gasteiger partial charge < -0.3 is 29.3 Å². The number of esters is 1. The van der Waals surface area contributed by atoms with Gasteiger partial charge in [0.15, 0.2) is 0 Å². The lowest BCUT2D eigenvalue weighted by atomic mass is 9.95. The number of morpholine rings is 1. The second-order valence-electron chi connectivity index (χ2n) is 9.79. The number of nitriles is 1. The number of aliphatic hydroxyl groups is 2. The molecule has 198 valence electrons. The summed E-state index contributed by atoms with van der Waals surface area (Å²) in [4.78, 5) is 20.3. The van der Waals surface area contributed by atoms with E-state index in [9.17, 15) is 20.3 Å². The van der Waals surface area contributed by atoms with Crippen molar-refractivity contribution < 1.29 is 29.2 Å². The number of rotatable bonds is 9. The Balaban J connectivity index is 1.42. The highest BCUT2D eigenvalue weighted by Gasteiger charge is 2.32. The van der Waals surface area contributed by atoms with E-state index in [1.165, 1.54) is 13.3 Å². The molecule has 3 heterocycles. The number of hydrogen-bond donors (Lipinski definition) is 2. The monoisotopic (exact) mass is 510 g/mol. The highest BCUT2D eigenvalue weighted by Crippen LogP contribution is 2.30. The Labute approximate surface area is 217 Å². The number of cyclic esters (lactones) is 1. The Hall–Kier alpha value is -3.07. The maximum atomic E-state index is 11.8. The number of aromatic nitrogens is 1. The topological polar surface area (TPSA) is 128 Å². The molecule has 2 aliphatic rings. The van der Waals surface area contributed by atoms with Gasteiger partial charge in [0, 0.05) is 49.5 Å². The first-order chi connectivity index (χ1) is 17.7. The van der Waals surface area contributed by atoms with Gasteiger partial charge in [0.2, 0.25) is 0 Å². The molecule has 0 radical (unpaired) electrons. The van der Waals surface area contributed by atoms with Crippen LogP contribution in [-0.2, 0) is 16.1 Å². The summed E-state index contributed by atoms with van der Waals surface area (Å²) in [5.41, 5.74) is 3.82. The Bertz CT molecular complexity index is 1180. The van der Waals surface area contributed by atoms with Gasteiger partial charge in [-0.15, -0.1) is 0 Å². The lowest BCUT2D eigenvalue weighted by molar-refractivity contribution is -0.0689. The van der Waals surface area contributed by atoms with Crippen molar-refractivity contribution >= 4 is 5.97 Å². The maximum Gasteiger partial charge on any atom is 0.338 e. The van der Waals surface area contributed by atoms with Crippen LogP contribution in [0.25, 0.3) is 0 Å². The number of pyridine rings is 1. The molecule has 2 aliphatic heterocycles. The number of aliphatic hydroxyl groups excluding tert-OH is 2. The molecular formula is C27H34N4O6. The summed E-state index contributed by atoms with van der Waals surface area (Å²) < 4.78 is 16.2. The van der Waals surface area contributed by atoms with E-state index in [1.54, 1.807) is 18.2 Å². The summed E-state index contributed by atoms with van der Waals surface area (Å²) in [5.74, 6) is 0.0595.